The predicted octanol–water partition coefficient (Wildman–Crippen LogP) is 9.28. The number of methoxy groups -OCH3 is 1. The molecular weight excluding hydrogens is 1120 g/mol. The number of hydrogen-bond donors (Lipinski definition) is 2. The Bertz CT molecular complexity index is 1420. The lowest BCUT2D eigenvalue weighted by atomic mass is 10.1. The fraction of sp³-hybridized carbons (Fsp3) is 0.949. The minimum absolute atomic E-state index is 0. The van der Waals surface area contributed by atoms with E-state index in [2.05, 4.69) is 19.2 Å². The Morgan fingerprint density at radius 2 is 0.667 bits per heavy atom. The van der Waals surface area contributed by atoms with Crippen molar-refractivity contribution in [2.45, 2.75) is 174 Å². The summed E-state index contributed by atoms with van der Waals surface area (Å²) in [5.41, 5.74) is 0. The highest BCUT2D eigenvalue weighted by Gasteiger charge is 2.21. The smallest absolute Gasteiger partial charge is 0.407 e. The Labute approximate surface area is 505 Å². The van der Waals surface area contributed by atoms with Crippen LogP contribution >= 0.6 is 7.82 Å². The summed E-state index contributed by atoms with van der Waals surface area (Å²) in [6, 6.07) is 0. The first-order chi connectivity index (χ1) is 40.7. The molecule has 0 fully saturated rings. The molecule has 502 valence electrons. The van der Waals surface area contributed by atoms with Gasteiger partial charge in [-0.1, -0.05) is 142 Å². The number of carbonyl (C=O) groups is 3. The van der Waals surface area contributed by atoms with Crippen LogP contribution < -0.4 is 16.4 Å². The van der Waals surface area contributed by atoms with Gasteiger partial charge in [-0.05, 0) is 12.8 Å². The van der Waals surface area contributed by atoms with E-state index in [4.69, 9.17) is 80.1 Å². The van der Waals surface area contributed by atoms with E-state index in [-0.39, 0.29) is 52.0 Å². The Hall–Kier alpha value is -2.20. The fourth-order valence-electron chi connectivity index (χ4n) is 7.70. The van der Waals surface area contributed by atoms with Gasteiger partial charge in [0.05, 0.1) is 165 Å². The van der Waals surface area contributed by atoms with Crippen molar-refractivity contribution >= 4 is 25.9 Å². The highest BCUT2D eigenvalue weighted by atomic mass is 31.2. The van der Waals surface area contributed by atoms with Gasteiger partial charge in [-0.15, -0.1) is 0 Å². The normalized spacial score (nSPS) is 12.5. The summed E-state index contributed by atoms with van der Waals surface area (Å²) in [4.78, 5) is 50.0. The molecule has 24 nitrogen and oxygen atoms in total. The summed E-state index contributed by atoms with van der Waals surface area (Å²) in [6.45, 7) is 13.0. The SMILES string of the molecule is CCCCCCCCCCCCCC(=O)OC[C@H](COP(=O)([O-])OCCNC(=O)OCCOCCOCCOCCOCCOCCOCCOCCOCCOCCOCCOCCOC)OC(=O)CCCCCCCCCCCCC.[NH4+]. The first-order valence-electron chi connectivity index (χ1n) is 31.4. The number of amides is 1. The van der Waals surface area contributed by atoms with Crippen molar-refractivity contribution in [2.75, 3.05) is 192 Å². The summed E-state index contributed by atoms with van der Waals surface area (Å²) >= 11 is 0. The second-order valence-corrected chi connectivity index (χ2v) is 21.1. The average Bonchev–Trinajstić information content (AvgIpc) is 3.59. The van der Waals surface area contributed by atoms with Crippen LogP contribution in [0.2, 0.25) is 0 Å². The van der Waals surface area contributed by atoms with E-state index in [9.17, 15) is 23.8 Å². The van der Waals surface area contributed by atoms with Gasteiger partial charge in [0.1, 0.15) is 13.2 Å². The third kappa shape index (κ3) is 68.9. The van der Waals surface area contributed by atoms with Crippen molar-refractivity contribution in [3.63, 3.8) is 0 Å². The molecule has 0 saturated carbocycles. The number of unbranched alkanes of at least 4 members (excludes halogenated alkanes) is 20. The molecule has 0 aliphatic heterocycles. The summed E-state index contributed by atoms with van der Waals surface area (Å²) < 4.78 is 103. The molecule has 25 heteroatoms. The number of esters is 2. The number of hydrogen-bond acceptors (Lipinski definition) is 22. The zero-order chi connectivity index (χ0) is 60.3. The third-order valence-corrected chi connectivity index (χ3v) is 13.3. The minimum atomic E-state index is -4.89. The zero-order valence-corrected chi connectivity index (χ0v) is 53.7. The van der Waals surface area contributed by atoms with Gasteiger partial charge in [0.2, 0.25) is 0 Å². The van der Waals surface area contributed by atoms with Gasteiger partial charge in [0.15, 0.2) is 6.10 Å². The first-order valence-corrected chi connectivity index (χ1v) is 32.9. The molecule has 0 rings (SSSR count). The average molecular weight is 1240 g/mol. The molecule has 84 heavy (non-hydrogen) atoms. The van der Waals surface area contributed by atoms with E-state index in [0.717, 1.165) is 38.5 Å². The van der Waals surface area contributed by atoms with E-state index < -0.39 is 45.2 Å². The second kappa shape index (κ2) is 69.9. The van der Waals surface area contributed by atoms with Gasteiger partial charge in [-0.3, -0.25) is 14.2 Å². The molecule has 2 atom stereocenters. The Kier molecular flexibility index (Phi) is 69.8. The van der Waals surface area contributed by atoms with Gasteiger partial charge in [-0.25, -0.2) is 4.79 Å². The lowest BCUT2D eigenvalue weighted by Crippen LogP contribution is -2.31. The minimum Gasteiger partial charge on any atom is -0.756 e. The Balaban J connectivity index is 0. The maximum Gasteiger partial charge on any atom is 0.407 e. The maximum absolute atomic E-state index is 12.8. The lowest BCUT2D eigenvalue weighted by molar-refractivity contribution is -0.228. The summed E-state index contributed by atoms with van der Waals surface area (Å²) in [5.74, 6) is -0.974. The number of quaternary nitrogens is 1. The van der Waals surface area contributed by atoms with E-state index >= 15 is 0 Å². The van der Waals surface area contributed by atoms with Crippen LogP contribution in [0, 0.1) is 0 Å². The molecule has 0 aromatic rings. The fourth-order valence-corrected chi connectivity index (χ4v) is 8.43. The summed E-state index contributed by atoms with van der Waals surface area (Å²) in [7, 11) is -3.25. The van der Waals surface area contributed by atoms with Gasteiger partial charge < -0.3 is 96.5 Å². The molecule has 0 aromatic carbocycles. The molecule has 1 unspecified atom stereocenters. The van der Waals surface area contributed by atoms with Crippen LogP contribution in [0.1, 0.15) is 168 Å². The number of alkyl carbamates (subject to hydrolysis) is 1. The van der Waals surface area contributed by atoms with E-state index in [1.54, 1.807) is 7.11 Å². The largest absolute Gasteiger partial charge is 0.756 e. The van der Waals surface area contributed by atoms with E-state index in [1.165, 1.54) is 89.9 Å². The molecule has 0 spiro atoms. The third-order valence-electron chi connectivity index (χ3n) is 12.3. The number of ether oxygens (including phenoxy) is 15. The topological polar surface area (TPSA) is 297 Å². The van der Waals surface area contributed by atoms with Crippen molar-refractivity contribution in [1.29, 1.82) is 0 Å². The van der Waals surface area contributed by atoms with Crippen molar-refractivity contribution in [3.05, 3.63) is 0 Å². The molecule has 0 saturated heterocycles. The van der Waals surface area contributed by atoms with Crippen LogP contribution in [0.15, 0.2) is 0 Å². The monoisotopic (exact) mass is 1240 g/mol. The van der Waals surface area contributed by atoms with E-state index in [1.807, 2.05) is 0 Å². The molecule has 0 aromatic heterocycles. The van der Waals surface area contributed by atoms with E-state index in [0.29, 0.717) is 152 Å². The number of phosphoric acid groups is 1. The van der Waals surface area contributed by atoms with Crippen LogP contribution in [0.5, 0.6) is 0 Å². The van der Waals surface area contributed by atoms with Crippen molar-refractivity contribution < 1.29 is 104 Å². The van der Waals surface area contributed by atoms with Crippen LogP contribution in [0.25, 0.3) is 0 Å². The number of phosphoric ester groups is 1. The van der Waals surface area contributed by atoms with Gasteiger partial charge in [0.25, 0.3) is 7.82 Å². The maximum atomic E-state index is 12.8. The van der Waals surface area contributed by atoms with Gasteiger partial charge >= 0.3 is 18.0 Å². The molecule has 0 bridgehead atoms. The second-order valence-electron chi connectivity index (χ2n) is 19.7. The standard InChI is InChI=1S/C59H116NO22P.H3N/c1-4-6-8-10-12-14-16-18-20-22-24-26-57(61)79-54-56(82-58(62)27-25-23-21-19-17-15-13-11-9-7-5-2)55-81-83(64,65)80-29-28-60-59(63)78-53-52-77-51-50-76-49-48-75-47-46-74-45-44-73-43-42-72-41-40-71-39-38-70-37-36-69-35-34-68-33-32-67-31-30-66-3;/h56H,4-55H2,1-3H3,(H,60,63)(H,64,65);1H3/t56-;/m1./s1. The lowest BCUT2D eigenvalue weighted by Gasteiger charge is -2.25. The van der Waals surface area contributed by atoms with Crippen LogP contribution in [0.4, 0.5) is 4.79 Å². The number of carbonyl (C=O) groups excluding carboxylic acids is 3. The quantitative estimate of drug-likeness (QED) is 0.0248. The Morgan fingerprint density at radius 3 is 1.00 bits per heavy atom. The summed E-state index contributed by atoms with van der Waals surface area (Å²) in [5, 5.41) is 2.39. The van der Waals surface area contributed by atoms with Crippen LogP contribution in [0.3, 0.4) is 0 Å². The molecule has 1 amide bonds. The highest BCUT2D eigenvalue weighted by molar-refractivity contribution is 7.45. The molecule has 0 radical (unpaired) electrons. The molecular formula is C59H119N2O22P. The summed E-state index contributed by atoms with van der Waals surface area (Å²) in [6.07, 6.45) is 23.6. The van der Waals surface area contributed by atoms with Crippen LogP contribution in [-0.4, -0.2) is 216 Å². The highest BCUT2D eigenvalue weighted by Crippen LogP contribution is 2.38. The van der Waals surface area contributed by atoms with Gasteiger partial charge in [0, 0.05) is 26.5 Å². The van der Waals surface area contributed by atoms with Gasteiger partial charge in [-0.2, -0.15) is 0 Å². The van der Waals surface area contributed by atoms with Crippen molar-refractivity contribution in [3.8, 4) is 0 Å². The van der Waals surface area contributed by atoms with Crippen LogP contribution in [-0.2, 0) is 94.3 Å². The molecule has 0 aliphatic rings. The van der Waals surface area contributed by atoms with Crippen molar-refractivity contribution in [1.82, 2.24) is 11.5 Å². The Morgan fingerprint density at radius 1 is 0.369 bits per heavy atom. The number of nitrogens with one attached hydrogen (secondary N) is 1. The van der Waals surface area contributed by atoms with Crippen molar-refractivity contribution in [2.24, 2.45) is 0 Å². The zero-order valence-electron chi connectivity index (χ0n) is 52.8. The predicted molar refractivity (Wildman–Crippen MR) is 319 cm³/mol. The molecule has 0 aliphatic carbocycles. The number of rotatable bonds is 70. The molecule has 0 heterocycles. The molecule has 5 N–H and O–H groups in total. The first kappa shape index (κ1) is 83.9.